The first kappa shape index (κ1) is 11.6. The molecule has 0 aliphatic heterocycles. The largest absolute Gasteiger partial charge is 0.312 e. The number of fused-ring (bicyclic) bond motifs is 1. The fourth-order valence-corrected chi connectivity index (χ4v) is 4.01. The Hall–Kier alpha value is -0.870. The van der Waals surface area contributed by atoms with E-state index in [1.54, 1.807) is 6.92 Å². The molecule has 88 valence electrons. The number of hydrogen-bond donors (Lipinski definition) is 1. The Kier molecular flexibility index (Phi) is 3.04. The zero-order chi connectivity index (χ0) is 11.8. The molecule has 1 aliphatic carbocycles. The molecule has 0 fully saturated rings. The van der Waals surface area contributed by atoms with Gasteiger partial charge in [-0.3, -0.25) is 0 Å². The second-order valence-electron chi connectivity index (χ2n) is 4.16. The van der Waals surface area contributed by atoms with Crippen molar-refractivity contribution in [3.8, 4) is 0 Å². The molecule has 1 aromatic carbocycles. The summed E-state index contributed by atoms with van der Waals surface area (Å²) in [6.45, 7) is 1.71. The van der Waals surface area contributed by atoms with Crippen LogP contribution < -0.4 is 5.32 Å². The summed E-state index contributed by atoms with van der Waals surface area (Å²) >= 11 is 0. The van der Waals surface area contributed by atoms with Gasteiger partial charge in [0.15, 0.2) is 9.84 Å². The molecule has 1 aromatic rings. The number of rotatable bonds is 3. The van der Waals surface area contributed by atoms with Crippen molar-refractivity contribution in [2.45, 2.75) is 24.6 Å². The Balaban J connectivity index is 2.42. The monoisotopic (exact) mass is 239 g/mol. The quantitative estimate of drug-likeness (QED) is 0.865. The summed E-state index contributed by atoms with van der Waals surface area (Å²) in [6, 6.07) is 7.91. The highest BCUT2D eigenvalue weighted by molar-refractivity contribution is 7.92. The molecule has 0 aromatic heterocycles. The molecule has 0 spiro atoms. The summed E-state index contributed by atoms with van der Waals surface area (Å²) in [5.74, 6) is 0.212. The smallest absolute Gasteiger partial charge is 0.155 e. The molecular weight excluding hydrogens is 222 g/mol. The van der Waals surface area contributed by atoms with E-state index < -0.39 is 9.84 Å². The minimum absolute atomic E-state index is 0.0545. The van der Waals surface area contributed by atoms with Crippen LogP contribution in [0.15, 0.2) is 24.3 Å². The standard InChI is InChI=1S/C12H17NO2S/c1-3-16(14,15)11-8-9-6-4-5-7-10(9)12(11)13-2/h4-7,11-13H,3,8H2,1-2H3. The van der Waals surface area contributed by atoms with Crippen molar-refractivity contribution in [2.24, 2.45) is 0 Å². The van der Waals surface area contributed by atoms with Crippen LogP contribution in [0.2, 0.25) is 0 Å². The van der Waals surface area contributed by atoms with E-state index in [2.05, 4.69) is 5.32 Å². The molecule has 1 aliphatic rings. The predicted octanol–water partition coefficient (Wildman–Crippen LogP) is 1.31. The maximum atomic E-state index is 12.0. The van der Waals surface area contributed by atoms with Gasteiger partial charge >= 0.3 is 0 Å². The predicted molar refractivity (Wildman–Crippen MR) is 65.2 cm³/mol. The van der Waals surface area contributed by atoms with E-state index in [4.69, 9.17) is 0 Å². The Labute approximate surface area is 96.8 Å². The normalized spacial score (nSPS) is 24.4. The molecule has 16 heavy (non-hydrogen) atoms. The van der Waals surface area contributed by atoms with Gasteiger partial charge in [-0.1, -0.05) is 31.2 Å². The summed E-state index contributed by atoms with van der Waals surface area (Å²) in [5.41, 5.74) is 2.29. The van der Waals surface area contributed by atoms with E-state index in [-0.39, 0.29) is 17.0 Å². The molecule has 4 heteroatoms. The Morgan fingerprint density at radius 2 is 2.06 bits per heavy atom. The summed E-state index contributed by atoms with van der Waals surface area (Å²) < 4.78 is 24.0. The van der Waals surface area contributed by atoms with Gasteiger partial charge in [0, 0.05) is 11.8 Å². The number of sulfone groups is 1. The van der Waals surface area contributed by atoms with E-state index >= 15 is 0 Å². The Bertz CT molecular complexity index is 482. The SMILES string of the molecule is CCS(=O)(=O)C1Cc2ccccc2C1NC. The Morgan fingerprint density at radius 1 is 1.38 bits per heavy atom. The van der Waals surface area contributed by atoms with Crippen LogP contribution in [0.1, 0.15) is 24.1 Å². The molecule has 0 heterocycles. The van der Waals surface area contributed by atoms with Crippen molar-refractivity contribution in [2.75, 3.05) is 12.8 Å². The lowest BCUT2D eigenvalue weighted by molar-refractivity contribution is 0.537. The van der Waals surface area contributed by atoms with Crippen molar-refractivity contribution in [3.63, 3.8) is 0 Å². The molecule has 0 amide bonds. The van der Waals surface area contributed by atoms with Crippen LogP contribution in [-0.2, 0) is 16.3 Å². The molecule has 0 radical (unpaired) electrons. The van der Waals surface area contributed by atoms with Crippen LogP contribution in [0.4, 0.5) is 0 Å². The Morgan fingerprint density at radius 3 is 2.69 bits per heavy atom. The lowest BCUT2D eigenvalue weighted by Gasteiger charge is -2.19. The fraction of sp³-hybridized carbons (Fsp3) is 0.500. The van der Waals surface area contributed by atoms with Gasteiger partial charge in [-0.2, -0.15) is 0 Å². The topological polar surface area (TPSA) is 46.2 Å². The summed E-state index contributed by atoms with van der Waals surface area (Å²) in [7, 11) is -1.17. The van der Waals surface area contributed by atoms with E-state index in [1.807, 2.05) is 31.3 Å². The molecule has 2 unspecified atom stereocenters. The molecule has 3 nitrogen and oxygen atoms in total. The molecule has 1 N–H and O–H groups in total. The third-order valence-corrected chi connectivity index (χ3v) is 5.52. The molecule has 0 saturated heterocycles. The average Bonchev–Trinajstić information content (AvgIpc) is 2.68. The molecule has 2 rings (SSSR count). The highest BCUT2D eigenvalue weighted by Gasteiger charge is 2.38. The van der Waals surface area contributed by atoms with E-state index in [1.165, 1.54) is 0 Å². The van der Waals surface area contributed by atoms with Crippen molar-refractivity contribution < 1.29 is 8.42 Å². The molecule has 0 bridgehead atoms. The second kappa shape index (κ2) is 4.18. The van der Waals surface area contributed by atoms with Crippen LogP contribution in [0.25, 0.3) is 0 Å². The lowest BCUT2D eigenvalue weighted by Crippen LogP contribution is -2.33. The second-order valence-corrected chi connectivity index (χ2v) is 6.67. The van der Waals surface area contributed by atoms with Crippen molar-refractivity contribution in [1.29, 1.82) is 0 Å². The summed E-state index contributed by atoms with van der Waals surface area (Å²) in [4.78, 5) is 0. The van der Waals surface area contributed by atoms with Gasteiger partial charge in [-0.15, -0.1) is 0 Å². The van der Waals surface area contributed by atoms with E-state index in [0.29, 0.717) is 6.42 Å². The summed E-state index contributed by atoms with van der Waals surface area (Å²) in [6.07, 6.45) is 0.637. The first-order valence-electron chi connectivity index (χ1n) is 5.56. The van der Waals surface area contributed by atoms with Crippen LogP contribution in [-0.4, -0.2) is 26.5 Å². The maximum Gasteiger partial charge on any atom is 0.155 e. The van der Waals surface area contributed by atoms with E-state index in [0.717, 1.165) is 11.1 Å². The summed E-state index contributed by atoms with van der Waals surface area (Å²) in [5, 5.41) is 2.83. The first-order valence-corrected chi connectivity index (χ1v) is 7.28. The minimum atomic E-state index is -2.99. The van der Waals surface area contributed by atoms with Crippen LogP contribution in [0.5, 0.6) is 0 Å². The van der Waals surface area contributed by atoms with Crippen LogP contribution in [0, 0.1) is 0 Å². The van der Waals surface area contributed by atoms with Gasteiger partial charge in [0.2, 0.25) is 0 Å². The third-order valence-electron chi connectivity index (χ3n) is 3.36. The zero-order valence-electron chi connectivity index (χ0n) is 9.60. The lowest BCUT2D eigenvalue weighted by atomic mass is 10.1. The van der Waals surface area contributed by atoms with Crippen molar-refractivity contribution in [3.05, 3.63) is 35.4 Å². The minimum Gasteiger partial charge on any atom is -0.312 e. The fourth-order valence-electron chi connectivity index (χ4n) is 2.45. The van der Waals surface area contributed by atoms with Gasteiger partial charge in [-0.05, 0) is 24.6 Å². The van der Waals surface area contributed by atoms with Crippen molar-refractivity contribution in [1.82, 2.24) is 5.32 Å². The van der Waals surface area contributed by atoms with Gasteiger partial charge in [0.25, 0.3) is 0 Å². The average molecular weight is 239 g/mol. The van der Waals surface area contributed by atoms with Gasteiger partial charge in [-0.25, -0.2) is 8.42 Å². The molecule has 2 atom stereocenters. The highest BCUT2D eigenvalue weighted by atomic mass is 32.2. The van der Waals surface area contributed by atoms with Crippen LogP contribution >= 0.6 is 0 Å². The third kappa shape index (κ3) is 1.76. The number of hydrogen-bond acceptors (Lipinski definition) is 3. The van der Waals surface area contributed by atoms with E-state index in [9.17, 15) is 8.42 Å². The van der Waals surface area contributed by atoms with Crippen molar-refractivity contribution >= 4 is 9.84 Å². The van der Waals surface area contributed by atoms with Crippen LogP contribution in [0.3, 0.4) is 0 Å². The first-order chi connectivity index (χ1) is 7.60. The number of nitrogens with one attached hydrogen (secondary N) is 1. The number of benzene rings is 1. The van der Waals surface area contributed by atoms with Gasteiger partial charge in [0.05, 0.1) is 5.25 Å². The molecule has 0 saturated carbocycles. The zero-order valence-corrected chi connectivity index (χ0v) is 10.4. The molecular formula is C12H17NO2S. The van der Waals surface area contributed by atoms with Gasteiger partial charge in [0.1, 0.15) is 0 Å². The highest BCUT2D eigenvalue weighted by Crippen LogP contribution is 2.35. The maximum absolute atomic E-state index is 12.0. The van der Waals surface area contributed by atoms with Gasteiger partial charge < -0.3 is 5.32 Å².